The van der Waals surface area contributed by atoms with Crippen LogP contribution in [0.2, 0.25) is 0 Å². The molecule has 0 heterocycles. The maximum Gasteiger partial charge on any atom is 0.118 e. The highest BCUT2D eigenvalue weighted by Gasteiger charge is 2.02. The van der Waals surface area contributed by atoms with Crippen molar-refractivity contribution in [3.8, 4) is 5.75 Å². The molecule has 0 amide bonds. The Labute approximate surface area is 84.8 Å². The molecule has 1 aromatic rings. The maximum atomic E-state index is 9.53. The van der Waals surface area contributed by atoms with Crippen LogP contribution >= 0.6 is 0 Å². The molecule has 0 aliphatic heterocycles. The van der Waals surface area contributed by atoms with Crippen molar-refractivity contribution in [1.82, 2.24) is 0 Å². The minimum Gasteiger partial charge on any atom is -0.497 e. The molecule has 1 rings (SSSR count). The van der Waals surface area contributed by atoms with Gasteiger partial charge >= 0.3 is 0 Å². The van der Waals surface area contributed by atoms with Gasteiger partial charge in [-0.15, -0.1) is 6.58 Å². The molecule has 2 heteroatoms. The van der Waals surface area contributed by atoms with Crippen molar-refractivity contribution in [2.75, 3.05) is 7.11 Å². The van der Waals surface area contributed by atoms with Gasteiger partial charge in [-0.2, -0.15) is 0 Å². The second kappa shape index (κ2) is 5.45. The highest BCUT2D eigenvalue weighted by atomic mass is 16.5. The van der Waals surface area contributed by atoms with E-state index in [1.807, 2.05) is 24.3 Å². The molecule has 0 bridgehead atoms. The molecule has 0 saturated heterocycles. The number of hydrogen-bond donors (Lipinski definition) is 1. The summed E-state index contributed by atoms with van der Waals surface area (Å²) in [6.07, 6.45) is 2.69. The summed E-state index contributed by atoms with van der Waals surface area (Å²) in [6.45, 7) is 3.59. The number of hydrogen-bond acceptors (Lipinski definition) is 2. The summed E-state index contributed by atoms with van der Waals surface area (Å²) in [6, 6.07) is 7.72. The van der Waals surface area contributed by atoms with Crippen LogP contribution in [0.15, 0.2) is 36.9 Å². The number of ether oxygens (including phenoxy) is 1. The lowest BCUT2D eigenvalue weighted by molar-refractivity contribution is 0.178. The molecule has 0 radical (unpaired) electrons. The molecule has 0 aliphatic carbocycles. The molecule has 1 atom stereocenters. The van der Waals surface area contributed by atoms with E-state index in [1.165, 1.54) is 0 Å². The normalized spacial score (nSPS) is 12.1. The lowest BCUT2D eigenvalue weighted by atomic mass is 10.1. The van der Waals surface area contributed by atoms with Crippen molar-refractivity contribution in [1.29, 1.82) is 0 Å². The summed E-state index contributed by atoms with van der Waals surface area (Å²) >= 11 is 0. The summed E-state index contributed by atoms with van der Waals surface area (Å²) in [5.41, 5.74) is 1.11. The molecule has 0 saturated carbocycles. The summed E-state index contributed by atoms with van der Waals surface area (Å²) in [5, 5.41) is 9.53. The Balaban J connectivity index is 2.54. The van der Waals surface area contributed by atoms with E-state index in [4.69, 9.17) is 4.74 Å². The van der Waals surface area contributed by atoms with Gasteiger partial charge in [0.25, 0.3) is 0 Å². The van der Waals surface area contributed by atoms with Gasteiger partial charge in [-0.25, -0.2) is 0 Å². The van der Waals surface area contributed by atoms with Crippen LogP contribution in [0.3, 0.4) is 0 Å². The second-order valence-corrected chi connectivity index (χ2v) is 3.23. The van der Waals surface area contributed by atoms with Gasteiger partial charge in [-0.05, 0) is 30.5 Å². The Morgan fingerprint density at radius 3 is 2.57 bits per heavy atom. The van der Waals surface area contributed by atoms with E-state index in [0.29, 0.717) is 12.8 Å². The van der Waals surface area contributed by atoms with Crippen LogP contribution in [0.1, 0.15) is 12.0 Å². The average molecular weight is 192 g/mol. The smallest absolute Gasteiger partial charge is 0.118 e. The molecule has 1 unspecified atom stereocenters. The number of rotatable bonds is 5. The molecule has 0 aliphatic rings. The number of benzene rings is 1. The fourth-order valence-electron chi connectivity index (χ4n) is 1.31. The molecular weight excluding hydrogens is 176 g/mol. The fraction of sp³-hybridized carbons (Fsp3) is 0.333. The number of aliphatic hydroxyl groups excluding tert-OH is 1. The molecule has 2 nitrogen and oxygen atoms in total. The Hall–Kier alpha value is -1.28. The molecular formula is C12H16O2. The van der Waals surface area contributed by atoms with E-state index in [1.54, 1.807) is 13.2 Å². The van der Waals surface area contributed by atoms with Crippen molar-refractivity contribution in [2.24, 2.45) is 0 Å². The zero-order valence-electron chi connectivity index (χ0n) is 8.44. The van der Waals surface area contributed by atoms with E-state index >= 15 is 0 Å². The van der Waals surface area contributed by atoms with Crippen LogP contribution in [0.4, 0.5) is 0 Å². The van der Waals surface area contributed by atoms with Gasteiger partial charge in [0, 0.05) is 0 Å². The van der Waals surface area contributed by atoms with Gasteiger partial charge < -0.3 is 9.84 Å². The van der Waals surface area contributed by atoms with Gasteiger partial charge in [0.1, 0.15) is 5.75 Å². The Morgan fingerprint density at radius 2 is 2.07 bits per heavy atom. The lowest BCUT2D eigenvalue weighted by Gasteiger charge is -2.08. The first-order chi connectivity index (χ1) is 6.76. The van der Waals surface area contributed by atoms with E-state index in [2.05, 4.69) is 6.58 Å². The maximum absolute atomic E-state index is 9.53. The molecule has 0 aromatic heterocycles. The minimum absolute atomic E-state index is 0.333. The van der Waals surface area contributed by atoms with E-state index in [-0.39, 0.29) is 6.10 Å². The summed E-state index contributed by atoms with van der Waals surface area (Å²) in [7, 11) is 1.64. The minimum atomic E-state index is -0.333. The number of methoxy groups -OCH3 is 1. The van der Waals surface area contributed by atoms with Crippen molar-refractivity contribution in [3.05, 3.63) is 42.5 Å². The highest BCUT2D eigenvalue weighted by molar-refractivity contribution is 5.27. The summed E-state index contributed by atoms with van der Waals surface area (Å²) in [4.78, 5) is 0. The SMILES string of the molecule is C=CCC(O)Cc1ccc(OC)cc1. The molecule has 1 aromatic carbocycles. The van der Waals surface area contributed by atoms with Crippen molar-refractivity contribution < 1.29 is 9.84 Å². The quantitative estimate of drug-likeness (QED) is 0.724. The third-order valence-electron chi connectivity index (χ3n) is 2.07. The van der Waals surface area contributed by atoms with Crippen LogP contribution in [-0.2, 0) is 6.42 Å². The molecule has 76 valence electrons. The first kappa shape index (κ1) is 10.8. The predicted octanol–water partition coefficient (Wildman–Crippen LogP) is 2.17. The monoisotopic (exact) mass is 192 g/mol. The zero-order valence-corrected chi connectivity index (χ0v) is 8.44. The van der Waals surface area contributed by atoms with Gasteiger partial charge in [-0.3, -0.25) is 0 Å². The standard InChI is InChI=1S/C12H16O2/c1-3-4-11(13)9-10-5-7-12(14-2)8-6-10/h3,5-8,11,13H,1,4,9H2,2H3. The Bertz CT molecular complexity index is 277. The van der Waals surface area contributed by atoms with Crippen molar-refractivity contribution >= 4 is 0 Å². The summed E-state index contributed by atoms with van der Waals surface area (Å²) in [5.74, 6) is 0.840. The average Bonchev–Trinajstić information content (AvgIpc) is 2.19. The van der Waals surface area contributed by atoms with Crippen LogP contribution in [0.5, 0.6) is 5.75 Å². The largest absolute Gasteiger partial charge is 0.497 e. The van der Waals surface area contributed by atoms with Gasteiger partial charge in [0.2, 0.25) is 0 Å². The highest BCUT2D eigenvalue weighted by Crippen LogP contribution is 2.13. The lowest BCUT2D eigenvalue weighted by Crippen LogP contribution is -2.08. The Morgan fingerprint density at radius 1 is 1.43 bits per heavy atom. The zero-order chi connectivity index (χ0) is 10.4. The molecule has 1 N–H and O–H groups in total. The molecule has 14 heavy (non-hydrogen) atoms. The molecule has 0 spiro atoms. The van der Waals surface area contributed by atoms with Crippen LogP contribution in [0.25, 0.3) is 0 Å². The topological polar surface area (TPSA) is 29.5 Å². The third-order valence-corrected chi connectivity index (χ3v) is 2.07. The van der Waals surface area contributed by atoms with E-state index in [9.17, 15) is 5.11 Å². The van der Waals surface area contributed by atoms with Crippen molar-refractivity contribution in [2.45, 2.75) is 18.9 Å². The van der Waals surface area contributed by atoms with E-state index < -0.39 is 0 Å². The van der Waals surface area contributed by atoms with Gasteiger partial charge in [0.05, 0.1) is 13.2 Å². The van der Waals surface area contributed by atoms with Crippen LogP contribution in [0, 0.1) is 0 Å². The predicted molar refractivity (Wildman–Crippen MR) is 57.5 cm³/mol. The van der Waals surface area contributed by atoms with E-state index in [0.717, 1.165) is 11.3 Å². The van der Waals surface area contributed by atoms with Gasteiger partial charge in [0.15, 0.2) is 0 Å². The van der Waals surface area contributed by atoms with Gasteiger partial charge in [-0.1, -0.05) is 18.2 Å². The molecule has 0 fully saturated rings. The number of aliphatic hydroxyl groups is 1. The van der Waals surface area contributed by atoms with Crippen LogP contribution in [-0.4, -0.2) is 18.3 Å². The van der Waals surface area contributed by atoms with Crippen molar-refractivity contribution in [3.63, 3.8) is 0 Å². The fourth-order valence-corrected chi connectivity index (χ4v) is 1.31. The Kier molecular flexibility index (Phi) is 4.20. The first-order valence-corrected chi connectivity index (χ1v) is 4.68. The third kappa shape index (κ3) is 3.23. The van der Waals surface area contributed by atoms with Crippen LogP contribution < -0.4 is 4.74 Å². The first-order valence-electron chi connectivity index (χ1n) is 4.68. The second-order valence-electron chi connectivity index (χ2n) is 3.23. The summed E-state index contributed by atoms with van der Waals surface area (Å²) < 4.78 is 5.04.